The number of carbonyl (C=O) groups is 1. The lowest BCUT2D eigenvalue weighted by Gasteiger charge is -2.09. The second-order valence-electron chi connectivity index (χ2n) is 7.11. The molecule has 0 saturated heterocycles. The Hall–Kier alpha value is -3.81. The van der Waals surface area contributed by atoms with Gasteiger partial charge in [0.1, 0.15) is 11.2 Å². The molecule has 7 nitrogen and oxygen atoms in total. The van der Waals surface area contributed by atoms with Gasteiger partial charge in [-0.25, -0.2) is 14.1 Å². The van der Waals surface area contributed by atoms with Crippen LogP contribution in [0.1, 0.15) is 17.5 Å². The van der Waals surface area contributed by atoms with Crippen molar-refractivity contribution in [3.05, 3.63) is 82.3 Å². The molecule has 2 aromatic carbocycles. The smallest absolute Gasteiger partial charge is 0.264 e. The summed E-state index contributed by atoms with van der Waals surface area (Å²) >= 11 is 0. The number of halogens is 1. The lowest BCUT2D eigenvalue weighted by atomic mass is 10.1. The molecule has 0 aliphatic heterocycles. The third-order valence-electron chi connectivity index (χ3n) is 5.00. The number of benzene rings is 2. The molecule has 30 heavy (non-hydrogen) atoms. The topological polar surface area (TPSA) is 81.8 Å². The minimum absolute atomic E-state index is 0.131. The highest BCUT2D eigenvalue weighted by molar-refractivity contribution is 5.90. The van der Waals surface area contributed by atoms with Crippen LogP contribution in [0.5, 0.6) is 0 Å². The first-order valence-electron chi connectivity index (χ1n) is 9.48. The van der Waals surface area contributed by atoms with Crippen molar-refractivity contribution in [1.82, 2.24) is 19.3 Å². The molecule has 152 valence electrons. The van der Waals surface area contributed by atoms with Gasteiger partial charge in [0, 0.05) is 18.7 Å². The zero-order valence-corrected chi connectivity index (χ0v) is 16.6. The SMILES string of the molecule is Cc1ccc(NC(=O)CCn2cnc3c(cnn3-c3ccc(F)cc3)c2=O)cc1C. The number of anilines is 1. The van der Waals surface area contributed by atoms with Crippen molar-refractivity contribution < 1.29 is 9.18 Å². The average molecular weight is 405 g/mol. The molecule has 4 aromatic rings. The van der Waals surface area contributed by atoms with Gasteiger partial charge in [-0.1, -0.05) is 6.07 Å². The average Bonchev–Trinajstić information content (AvgIpc) is 3.16. The van der Waals surface area contributed by atoms with E-state index in [1.54, 1.807) is 12.1 Å². The fourth-order valence-corrected chi connectivity index (χ4v) is 3.14. The second kappa shape index (κ2) is 7.90. The minimum Gasteiger partial charge on any atom is -0.326 e. The van der Waals surface area contributed by atoms with Crippen molar-refractivity contribution in [3.8, 4) is 5.69 Å². The molecule has 2 heterocycles. The molecule has 8 heteroatoms. The van der Waals surface area contributed by atoms with Crippen LogP contribution < -0.4 is 10.9 Å². The van der Waals surface area contributed by atoms with E-state index in [2.05, 4.69) is 15.4 Å². The number of hydrogen-bond acceptors (Lipinski definition) is 4. The van der Waals surface area contributed by atoms with E-state index >= 15 is 0 Å². The molecular formula is C22H20FN5O2. The van der Waals surface area contributed by atoms with Gasteiger partial charge in [-0.2, -0.15) is 5.10 Å². The molecule has 0 saturated carbocycles. The maximum atomic E-state index is 13.2. The van der Waals surface area contributed by atoms with Gasteiger partial charge in [0.05, 0.1) is 18.2 Å². The maximum Gasteiger partial charge on any atom is 0.264 e. The molecule has 0 radical (unpaired) electrons. The first-order valence-corrected chi connectivity index (χ1v) is 9.48. The van der Waals surface area contributed by atoms with Gasteiger partial charge in [-0.3, -0.25) is 14.2 Å². The van der Waals surface area contributed by atoms with Crippen LogP contribution >= 0.6 is 0 Å². The van der Waals surface area contributed by atoms with Crippen LogP contribution in [0.3, 0.4) is 0 Å². The number of carbonyl (C=O) groups excluding carboxylic acids is 1. The Bertz CT molecular complexity index is 1290. The second-order valence-corrected chi connectivity index (χ2v) is 7.11. The largest absolute Gasteiger partial charge is 0.326 e. The van der Waals surface area contributed by atoms with E-state index < -0.39 is 0 Å². The van der Waals surface area contributed by atoms with Crippen molar-refractivity contribution in [2.45, 2.75) is 26.8 Å². The van der Waals surface area contributed by atoms with Gasteiger partial charge in [0.25, 0.3) is 5.56 Å². The third-order valence-corrected chi connectivity index (χ3v) is 5.00. The summed E-state index contributed by atoms with van der Waals surface area (Å²) in [5.74, 6) is -0.545. The van der Waals surface area contributed by atoms with Crippen LogP contribution in [0.2, 0.25) is 0 Å². The third kappa shape index (κ3) is 3.84. The fourth-order valence-electron chi connectivity index (χ4n) is 3.14. The van der Waals surface area contributed by atoms with E-state index in [1.807, 2.05) is 32.0 Å². The van der Waals surface area contributed by atoms with Gasteiger partial charge in [-0.15, -0.1) is 0 Å². The fraction of sp³-hybridized carbons (Fsp3) is 0.182. The lowest BCUT2D eigenvalue weighted by Crippen LogP contribution is -2.23. The molecule has 0 bridgehead atoms. The quantitative estimate of drug-likeness (QED) is 0.552. The van der Waals surface area contributed by atoms with Crippen molar-refractivity contribution in [2.24, 2.45) is 0 Å². The predicted molar refractivity (Wildman–Crippen MR) is 112 cm³/mol. The monoisotopic (exact) mass is 405 g/mol. The van der Waals surface area contributed by atoms with Crippen molar-refractivity contribution in [1.29, 1.82) is 0 Å². The minimum atomic E-state index is -0.357. The van der Waals surface area contributed by atoms with Gasteiger partial charge < -0.3 is 5.32 Å². The molecule has 0 spiro atoms. The summed E-state index contributed by atoms with van der Waals surface area (Å²) in [5.41, 5.74) is 3.67. The molecule has 1 N–H and O–H groups in total. The van der Waals surface area contributed by atoms with Crippen molar-refractivity contribution >= 4 is 22.6 Å². The van der Waals surface area contributed by atoms with Crippen LogP contribution in [0.4, 0.5) is 10.1 Å². The number of aryl methyl sites for hydroxylation is 3. The first-order chi connectivity index (χ1) is 14.4. The van der Waals surface area contributed by atoms with Crippen LogP contribution in [0.25, 0.3) is 16.7 Å². The summed E-state index contributed by atoms with van der Waals surface area (Å²) in [4.78, 5) is 29.4. The van der Waals surface area contributed by atoms with E-state index in [0.29, 0.717) is 16.7 Å². The van der Waals surface area contributed by atoms with Gasteiger partial charge >= 0.3 is 0 Å². The highest BCUT2D eigenvalue weighted by Crippen LogP contribution is 2.15. The summed E-state index contributed by atoms with van der Waals surface area (Å²) in [6.07, 6.45) is 2.96. The van der Waals surface area contributed by atoms with Crippen LogP contribution in [0, 0.1) is 19.7 Å². The summed E-state index contributed by atoms with van der Waals surface area (Å²) in [7, 11) is 0. The number of nitrogens with one attached hydrogen (secondary N) is 1. The van der Waals surface area contributed by atoms with Crippen molar-refractivity contribution in [3.63, 3.8) is 0 Å². The van der Waals surface area contributed by atoms with Crippen molar-refractivity contribution in [2.75, 3.05) is 5.32 Å². The lowest BCUT2D eigenvalue weighted by molar-refractivity contribution is -0.116. The standard InChI is InChI=1S/C22H20FN5O2/c1-14-3-6-17(11-15(14)2)26-20(29)9-10-27-13-24-21-19(22(27)30)12-25-28(21)18-7-4-16(23)5-8-18/h3-8,11-13H,9-10H2,1-2H3,(H,26,29). The number of hydrogen-bond donors (Lipinski definition) is 1. The molecule has 0 fully saturated rings. The van der Waals surface area contributed by atoms with Crippen LogP contribution in [-0.4, -0.2) is 25.2 Å². The Balaban J connectivity index is 1.50. The van der Waals surface area contributed by atoms with E-state index in [0.717, 1.165) is 16.8 Å². The molecule has 4 rings (SSSR count). The van der Waals surface area contributed by atoms with E-state index in [4.69, 9.17) is 0 Å². The molecular weight excluding hydrogens is 385 g/mol. The van der Waals surface area contributed by atoms with Crippen LogP contribution in [0.15, 0.2) is 59.8 Å². The zero-order chi connectivity index (χ0) is 21.3. The summed E-state index contributed by atoms with van der Waals surface area (Å²) in [6.45, 7) is 4.19. The highest BCUT2D eigenvalue weighted by Gasteiger charge is 2.12. The summed E-state index contributed by atoms with van der Waals surface area (Å²) in [6, 6.07) is 11.5. The number of aromatic nitrogens is 4. The van der Waals surface area contributed by atoms with Crippen LogP contribution in [-0.2, 0) is 11.3 Å². The van der Waals surface area contributed by atoms with Gasteiger partial charge in [0.15, 0.2) is 5.65 Å². The number of amides is 1. The Kier molecular flexibility index (Phi) is 5.14. The summed E-state index contributed by atoms with van der Waals surface area (Å²) < 4.78 is 16.0. The highest BCUT2D eigenvalue weighted by atomic mass is 19.1. The normalized spacial score (nSPS) is 11.0. The van der Waals surface area contributed by atoms with E-state index in [1.165, 1.54) is 33.9 Å². The Morgan fingerprint density at radius 3 is 2.60 bits per heavy atom. The molecule has 0 aliphatic carbocycles. The van der Waals surface area contributed by atoms with E-state index in [-0.39, 0.29) is 30.2 Å². The molecule has 0 aliphatic rings. The molecule has 0 atom stereocenters. The van der Waals surface area contributed by atoms with Gasteiger partial charge in [-0.05, 0) is 61.4 Å². The van der Waals surface area contributed by atoms with E-state index in [9.17, 15) is 14.0 Å². The number of rotatable bonds is 5. The molecule has 0 unspecified atom stereocenters. The Labute approximate surface area is 171 Å². The molecule has 1 amide bonds. The molecule has 2 aromatic heterocycles. The number of nitrogens with zero attached hydrogens (tertiary/aromatic N) is 4. The zero-order valence-electron chi connectivity index (χ0n) is 16.6. The number of fused-ring (bicyclic) bond motifs is 1. The Morgan fingerprint density at radius 1 is 1.10 bits per heavy atom. The predicted octanol–water partition coefficient (Wildman–Crippen LogP) is 3.37. The Morgan fingerprint density at radius 2 is 1.87 bits per heavy atom. The van der Waals surface area contributed by atoms with Gasteiger partial charge in [0.2, 0.25) is 5.91 Å². The maximum absolute atomic E-state index is 13.2. The first kappa shape index (κ1) is 19.5. The summed E-state index contributed by atoms with van der Waals surface area (Å²) in [5, 5.41) is 7.38.